The highest BCUT2D eigenvalue weighted by atomic mass is 35.5. The van der Waals surface area contributed by atoms with Gasteiger partial charge in [-0.15, -0.1) is 0 Å². The molecule has 7 aromatic rings. The number of hydrogen-bond acceptors (Lipinski definition) is 15. The third-order valence-electron chi connectivity index (χ3n) is 14.3. The Morgan fingerprint density at radius 3 is 1.48 bits per heavy atom. The lowest BCUT2D eigenvalue weighted by Gasteiger charge is -2.34. The zero-order chi connectivity index (χ0) is 58.9. The average molecular weight is 1220 g/mol. The zero-order valence-electron chi connectivity index (χ0n) is 46.0. The molecular formula is C55H64Cl2FN15O6S3. The van der Waals surface area contributed by atoms with E-state index in [-0.39, 0.29) is 39.8 Å². The van der Waals surface area contributed by atoms with Crippen molar-refractivity contribution in [1.29, 1.82) is 0 Å². The van der Waals surface area contributed by atoms with Crippen molar-refractivity contribution in [3.05, 3.63) is 129 Å². The minimum atomic E-state index is -3.91. The number of hydrogen-bond donors (Lipinski definition) is 4. The topological polar surface area (TPSA) is 246 Å². The Hall–Kier alpha value is -6.68. The van der Waals surface area contributed by atoms with Gasteiger partial charge >= 0.3 is 0 Å². The van der Waals surface area contributed by atoms with Gasteiger partial charge in [-0.25, -0.2) is 70.3 Å². The Labute approximate surface area is 488 Å². The Balaban J connectivity index is 0.000000165. The molecule has 3 aliphatic heterocycles. The second-order valence-electron chi connectivity index (χ2n) is 21.0. The highest BCUT2D eigenvalue weighted by molar-refractivity contribution is 7.90. The molecule has 21 nitrogen and oxygen atoms in total. The summed E-state index contributed by atoms with van der Waals surface area (Å²) in [4.78, 5) is 39.3. The minimum absolute atomic E-state index is 0.0000772. The van der Waals surface area contributed by atoms with Crippen LogP contribution in [0.15, 0.2) is 73.6 Å². The summed E-state index contributed by atoms with van der Waals surface area (Å²) in [6, 6.07) is 15.9. The molecule has 0 radical (unpaired) electrons. The van der Waals surface area contributed by atoms with Crippen LogP contribution in [0.3, 0.4) is 0 Å². The first-order chi connectivity index (χ1) is 39.0. The number of nitrogens with one attached hydrogen (secondary N) is 4. The summed E-state index contributed by atoms with van der Waals surface area (Å²) < 4.78 is 94.7. The lowest BCUT2D eigenvalue weighted by molar-refractivity contribution is 0.410. The highest BCUT2D eigenvalue weighted by Gasteiger charge is 2.28. The van der Waals surface area contributed by atoms with Crippen molar-refractivity contribution in [1.82, 2.24) is 44.1 Å². The van der Waals surface area contributed by atoms with Crippen molar-refractivity contribution in [2.75, 3.05) is 90.8 Å². The Morgan fingerprint density at radius 2 is 1.00 bits per heavy atom. The lowest BCUT2D eigenvalue weighted by Crippen LogP contribution is -2.42. The van der Waals surface area contributed by atoms with Crippen LogP contribution in [0.1, 0.15) is 55.2 Å². The van der Waals surface area contributed by atoms with Gasteiger partial charge in [-0.1, -0.05) is 40.9 Å². The normalized spacial score (nSPS) is 17.8. The molecule has 3 saturated heterocycles. The zero-order valence-corrected chi connectivity index (χ0v) is 50.0. The third kappa shape index (κ3) is 16.3. The summed E-state index contributed by atoms with van der Waals surface area (Å²) in [7, 11) is -10.2. The number of anilines is 4. The van der Waals surface area contributed by atoms with E-state index in [9.17, 15) is 29.6 Å². The monoisotopic (exact) mass is 1220 g/mol. The summed E-state index contributed by atoms with van der Waals surface area (Å²) in [6.45, 7) is 25.9. The first-order valence-corrected chi connectivity index (χ1v) is 32.5. The number of nitrogens with zero attached hydrogens (tertiary/aromatic N) is 11. The number of fused-ring (bicyclic) bond motifs is 3. The molecule has 3 unspecified atom stereocenters. The standard InChI is InChI=1S/C22H21Cl2FN6O2S.C17H21N5O2S.C16H22N4O2S/c1-13-6-16(23)21(17(24)7-13)30-34(32,33)29-10-14-4-3-5-31(11-14)22-15-8-20(26-2)18(25)9-19(15)27-12-28-22;1-12-7-14-16(8-15(12)18-2)19-11-20-17(14)22-6-4-5-13(10-22)9-21-25(3,23)24;1-12-5-6-15-14(8-12)16(18-11-17-15)20-7-3-4-13(10-20)9-19-23(2,21)22/h6-9,12,14,29-30H,3-5,10-11H2,1H3;7-8,11,13,21H,4-6,9-10H2,1,3H3;5-6,8,11,13,19H,3-4,7,9-10H2,1-2H3. The summed E-state index contributed by atoms with van der Waals surface area (Å²) in [6.07, 6.45) is 12.5. The van der Waals surface area contributed by atoms with E-state index >= 15 is 0 Å². The van der Waals surface area contributed by atoms with E-state index in [1.165, 1.54) is 42.9 Å². The Morgan fingerprint density at radius 1 is 0.561 bits per heavy atom. The van der Waals surface area contributed by atoms with Crippen LogP contribution in [0, 0.1) is 57.5 Å². The molecule has 0 bridgehead atoms. The van der Waals surface area contributed by atoms with Crippen molar-refractivity contribution in [3.63, 3.8) is 0 Å². The van der Waals surface area contributed by atoms with E-state index in [2.05, 4.69) is 81.3 Å². The van der Waals surface area contributed by atoms with Gasteiger partial charge in [0.05, 0.1) is 57.9 Å². The van der Waals surface area contributed by atoms with Gasteiger partial charge in [-0.05, 0) is 131 Å². The van der Waals surface area contributed by atoms with Crippen LogP contribution < -0.4 is 33.6 Å². The van der Waals surface area contributed by atoms with Gasteiger partial charge in [-0.3, -0.25) is 4.72 Å². The van der Waals surface area contributed by atoms with Crippen molar-refractivity contribution in [2.45, 2.75) is 59.3 Å². The molecule has 0 saturated carbocycles. The molecular weight excluding hydrogens is 1150 g/mol. The van der Waals surface area contributed by atoms with Gasteiger partial charge in [0.2, 0.25) is 25.7 Å². The fraction of sp³-hybridized carbons (Fsp3) is 0.418. The van der Waals surface area contributed by atoms with Crippen molar-refractivity contribution >= 4 is 121 Å². The van der Waals surface area contributed by atoms with Gasteiger partial charge in [0.15, 0.2) is 5.69 Å². The molecule has 27 heteroatoms. The van der Waals surface area contributed by atoms with Gasteiger partial charge in [0, 0.05) is 75.1 Å². The molecule has 4 N–H and O–H groups in total. The van der Waals surface area contributed by atoms with Crippen LogP contribution in [-0.4, -0.2) is 127 Å². The lowest BCUT2D eigenvalue weighted by atomic mass is 9.98. The maximum absolute atomic E-state index is 14.0. The molecule has 0 aliphatic carbocycles. The summed E-state index contributed by atoms with van der Waals surface area (Å²) in [5.41, 5.74) is 5.66. The van der Waals surface area contributed by atoms with E-state index in [1.54, 1.807) is 24.5 Å². The third-order valence-corrected chi connectivity index (χ3v) is 17.3. The van der Waals surface area contributed by atoms with E-state index < -0.39 is 36.1 Å². The van der Waals surface area contributed by atoms with E-state index in [4.69, 9.17) is 36.3 Å². The van der Waals surface area contributed by atoms with Crippen LogP contribution in [0.2, 0.25) is 10.0 Å². The largest absolute Gasteiger partial charge is 0.356 e. The summed E-state index contributed by atoms with van der Waals surface area (Å²) >= 11 is 12.3. The smallest absolute Gasteiger partial charge is 0.299 e. The average Bonchev–Trinajstić information content (AvgIpc) is 3.47. The predicted octanol–water partition coefficient (Wildman–Crippen LogP) is 9.06. The first kappa shape index (κ1) is 61.4. The molecule has 3 aromatic heterocycles. The number of benzene rings is 4. The second kappa shape index (κ2) is 26.7. The quantitative estimate of drug-likeness (QED) is 0.0742. The Bertz CT molecular complexity index is 3910. The van der Waals surface area contributed by atoms with Gasteiger partial charge in [-0.2, -0.15) is 13.1 Å². The Kier molecular flexibility index (Phi) is 20.0. The minimum Gasteiger partial charge on any atom is -0.356 e. The molecule has 3 atom stereocenters. The molecule has 4 aromatic carbocycles. The molecule has 0 amide bonds. The highest BCUT2D eigenvalue weighted by Crippen LogP contribution is 2.36. The maximum Gasteiger partial charge on any atom is 0.299 e. The molecule has 434 valence electrons. The van der Waals surface area contributed by atoms with Crippen LogP contribution in [0.4, 0.5) is 38.9 Å². The SMILES string of the molecule is Cc1ccc2ncnc(N3CCCC(CNS(C)(=O)=O)C3)c2c1.[C-]#[N+]c1cc2c(N3CCCC(CNS(=O)(=O)Nc4c(Cl)cc(C)cc4Cl)C3)ncnc2cc1F.[C-]#[N+]c1cc2ncnc(N3CCCC(CNS(C)(=O)=O)C3)c2cc1C. The van der Waals surface area contributed by atoms with Crippen LogP contribution in [-0.2, 0) is 30.3 Å². The second-order valence-corrected chi connectivity index (χ2v) is 27.0. The van der Waals surface area contributed by atoms with Crippen molar-refractivity contribution in [2.24, 2.45) is 17.8 Å². The van der Waals surface area contributed by atoms with Crippen LogP contribution >= 0.6 is 23.2 Å². The number of halogens is 3. The molecule has 6 heterocycles. The van der Waals surface area contributed by atoms with Gasteiger partial charge < -0.3 is 14.7 Å². The summed E-state index contributed by atoms with van der Waals surface area (Å²) in [5.74, 6) is 2.32. The predicted molar refractivity (Wildman–Crippen MR) is 323 cm³/mol. The fourth-order valence-corrected chi connectivity index (χ4v) is 13.3. The number of aryl methyl sites for hydroxylation is 3. The molecule has 3 aliphatic rings. The molecule has 10 rings (SSSR count). The number of rotatable bonds is 14. The maximum atomic E-state index is 14.0. The van der Waals surface area contributed by atoms with Crippen molar-refractivity contribution < 1.29 is 29.6 Å². The summed E-state index contributed by atoms with van der Waals surface area (Å²) in [5, 5.41) is 3.00. The molecule has 82 heavy (non-hydrogen) atoms. The number of piperidine rings is 3. The van der Waals surface area contributed by atoms with Crippen molar-refractivity contribution in [3.8, 4) is 0 Å². The van der Waals surface area contributed by atoms with Crippen LogP contribution in [0.5, 0.6) is 0 Å². The van der Waals surface area contributed by atoms with E-state index in [0.717, 1.165) is 109 Å². The number of aromatic nitrogens is 6. The van der Waals surface area contributed by atoms with Gasteiger partial charge in [0.25, 0.3) is 10.2 Å². The first-order valence-electron chi connectivity index (χ1n) is 26.5. The van der Waals surface area contributed by atoms with E-state index in [0.29, 0.717) is 54.5 Å². The van der Waals surface area contributed by atoms with E-state index in [1.807, 2.05) is 36.9 Å². The fourth-order valence-electron chi connectivity index (χ4n) is 10.4. The molecule has 3 fully saturated rings. The van der Waals surface area contributed by atoms with Gasteiger partial charge in [0.1, 0.15) is 42.3 Å². The number of sulfonamides is 2. The molecule has 0 spiro atoms. The van der Waals surface area contributed by atoms with Crippen LogP contribution in [0.25, 0.3) is 42.4 Å².